The maximum atomic E-state index is 12.2. The van der Waals surface area contributed by atoms with Gasteiger partial charge in [-0.3, -0.25) is 9.69 Å². The van der Waals surface area contributed by atoms with E-state index in [1.54, 1.807) is 12.1 Å². The van der Waals surface area contributed by atoms with Crippen molar-refractivity contribution in [2.45, 2.75) is 32.0 Å². The third kappa shape index (κ3) is 4.92. The lowest BCUT2D eigenvalue weighted by Gasteiger charge is -2.24. The molecule has 0 aromatic heterocycles. The number of nitrogens with one attached hydrogen (secondary N) is 1. The number of ether oxygens (including phenoxy) is 1. The van der Waals surface area contributed by atoms with E-state index >= 15 is 0 Å². The fourth-order valence-electron chi connectivity index (χ4n) is 3.39. The maximum absolute atomic E-state index is 12.2. The Balaban J connectivity index is 1.63. The number of carbonyl (C=O) groups is 2. The van der Waals surface area contributed by atoms with Gasteiger partial charge in [0.25, 0.3) is 0 Å². The molecule has 1 amide bonds. The van der Waals surface area contributed by atoms with Crippen molar-refractivity contribution in [1.82, 2.24) is 10.2 Å². The molecule has 1 fully saturated rings. The molecule has 26 heavy (non-hydrogen) atoms. The third-order valence-corrected chi connectivity index (χ3v) is 4.58. The molecule has 1 aliphatic heterocycles. The van der Waals surface area contributed by atoms with Gasteiger partial charge in [0.15, 0.2) is 0 Å². The Hall–Kier alpha value is -2.66. The van der Waals surface area contributed by atoms with Gasteiger partial charge in [-0.05, 0) is 24.1 Å². The van der Waals surface area contributed by atoms with Crippen molar-refractivity contribution in [2.24, 2.45) is 0 Å². The molecule has 0 spiro atoms. The lowest BCUT2D eigenvalue weighted by Crippen LogP contribution is -2.36. The highest BCUT2D eigenvalue weighted by atomic mass is 16.5. The monoisotopic (exact) mass is 352 g/mol. The molecule has 0 saturated carbocycles. The first-order valence-electron chi connectivity index (χ1n) is 8.89. The van der Waals surface area contributed by atoms with Crippen molar-refractivity contribution in [2.75, 3.05) is 13.2 Å². The van der Waals surface area contributed by atoms with E-state index in [-0.39, 0.29) is 24.0 Å². The second-order valence-electron chi connectivity index (χ2n) is 6.67. The Morgan fingerprint density at radius 3 is 2.38 bits per heavy atom. The van der Waals surface area contributed by atoms with Crippen LogP contribution in [-0.2, 0) is 16.1 Å². The molecule has 3 rings (SSSR count). The van der Waals surface area contributed by atoms with Crippen LogP contribution in [0.5, 0.6) is 0 Å². The van der Waals surface area contributed by atoms with E-state index in [1.165, 1.54) is 12.5 Å². The standard InChI is InChI=1S/C21H24N2O3/c1-16(24)22-19-12-20(15-26-21(25)18-10-6-3-7-11-18)23(14-19)13-17-8-4-2-5-9-17/h2-11,19-20H,12-15H2,1H3,(H,22,24)/t19-,20-/m1/s1. The number of likely N-dealkylation sites (tertiary alicyclic amines) is 1. The molecule has 1 saturated heterocycles. The number of hydrogen-bond acceptors (Lipinski definition) is 4. The van der Waals surface area contributed by atoms with E-state index in [1.807, 2.05) is 36.4 Å². The van der Waals surface area contributed by atoms with E-state index in [9.17, 15) is 9.59 Å². The summed E-state index contributed by atoms with van der Waals surface area (Å²) in [5.41, 5.74) is 1.76. The summed E-state index contributed by atoms with van der Waals surface area (Å²) in [6.45, 7) is 3.37. The quantitative estimate of drug-likeness (QED) is 0.812. The van der Waals surface area contributed by atoms with Gasteiger partial charge in [-0.2, -0.15) is 0 Å². The van der Waals surface area contributed by atoms with E-state index in [2.05, 4.69) is 22.3 Å². The normalized spacial score (nSPS) is 19.9. The van der Waals surface area contributed by atoms with Crippen molar-refractivity contribution >= 4 is 11.9 Å². The van der Waals surface area contributed by atoms with Gasteiger partial charge in [-0.25, -0.2) is 4.79 Å². The summed E-state index contributed by atoms with van der Waals surface area (Å²) in [6.07, 6.45) is 0.772. The molecule has 136 valence electrons. The molecule has 0 unspecified atom stereocenters. The van der Waals surface area contributed by atoms with Gasteiger partial charge in [0.1, 0.15) is 6.61 Å². The maximum Gasteiger partial charge on any atom is 0.338 e. The number of benzene rings is 2. The van der Waals surface area contributed by atoms with Crippen LogP contribution in [0.3, 0.4) is 0 Å². The summed E-state index contributed by atoms with van der Waals surface area (Å²) >= 11 is 0. The minimum Gasteiger partial charge on any atom is -0.460 e. The van der Waals surface area contributed by atoms with Crippen LogP contribution in [0.4, 0.5) is 0 Å². The molecule has 0 aliphatic carbocycles. The average molecular weight is 352 g/mol. The summed E-state index contributed by atoms with van der Waals surface area (Å²) in [5.74, 6) is -0.343. The Labute approximate surface area is 154 Å². The molecule has 5 heteroatoms. The zero-order valence-corrected chi connectivity index (χ0v) is 14.9. The van der Waals surface area contributed by atoms with E-state index in [4.69, 9.17) is 4.74 Å². The van der Waals surface area contributed by atoms with Crippen LogP contribution < -0.4 is 5.32 Å². The number of nitrogens with zero attached hydrogens (tertiary/aromatic N) is 1. The number of hydrogen-bond donors (Lipinski definition) is 1. The highest BCUT2D eigenvalue weighted by Crippen LogP contribution is 2.21. The molecule has 0 radical (unpaired) electrons. The molecule has 1 heterocycles. The molecule has 1 aliphatic rings. The summed E-state index contributed by atoms with van der Waals surface area (Å²) in [6, 6.07) is 19.4. The molecule has 2 aromatic rings. The first kappa shape index (κ1) is 18.1. The minimum atomic E-state index is -0.312. The smallest absolute Gasteiger partial charge is 0.338 e. The number of carbonyl (C=O) groups excluding carboxylic acids is 2. The second kappa shape index (κ2) is 8.63. The van der Waals surface area contributed by atoms with Gasteiger partial charge in [0.2, 0.25) is 5.91 Å². The summed E-state index contributed by atoms with van der Waals surface area (Å²) in [7, 11) is 0. The molecular formula is C21H24N2O3. The predicted molar refractivity (Wildman–Crippen MR) is 99.6 cm³/mol. The Morgan fingerprint density at radius 2 is 1.73 bits per heavy atom. The molecule has 2 atom stereocenters. The van der Waals surface area contributed by atoms with Gasteiger partial charge in [-0.1, -0.05) is 48.5 Å². The van der Waals surface area contributed by atoms with Crippen LogP contribution in [0.2, 0.25) is 0 Å². The van der Waals surface area contributed by atoms with Crippen LogP contribution in [0, 0.1) is 0 Å². The lowest BCUT2D eigenvalue weighted by molar-refractivity contribution is -0.119. The Kier molecular flexibility index (Phi) is 6.02. The largest absolute Gasteiger partial charge is 0.460 e. The molecule has 2 aromatic carbocycles. The zero-order valence-electron chi connectivity index (χ0n) is 14.9. The third-order valence-electron chi connectivity index (χ3n) is 4.58. The van der Waals surface area contributed by atoms with E-state index in [0.29, 0.717) is 12.2 Å². The van der Waals surface area contributed by atoms with E-state index in [0.717, 1.165) is 19.5 Å². The topological polar surface area (TPSA) is 58.6 Å². The number of rotatable bonds is 6. The molecular weight excluding hydrogens is 328 g/mol. The van der Waals surface area contributed by atoms with Crippen LogP contribution in [0.15, 0.2) is 60.7 Å². The zero-order chi connectivity index (χ0) is 18.4. The summed E-state index contributed by atoms with van der Waals surface area (Å²) in [4.78, 5) is 25.9. The van der Waals surface area contributed by atoms with Crippen molar-refractivity contribution in [3.8, 4) is 0 Å². The Bertz CT molecular complexity index is 733. The molecule has 5 nitrogen and oxygen atoms in total. The van der Waals surface area contributed by atoms with Crippen LogP contribution in [0.1, 0.15) is 29.3 Å². The highest BCUT2D eigenvalue weighted by molar-refractivity contribution is 5.89. The fraction of sp³-hybridized carbons (Fsp3) is 0.333. The lowest BCUT2D eigenvalue weighted by atomic mass is 10.1. The summed E-state index contributed by atoms with van der Waals surface area (Å²) < 4.78 is 5.54. The van der Waals surface area contributed by atoms with Crippen molar-refractivity contribution in [3.05, 3.63) is 71.8 Å². The first-order chi connectivity index (χ1) is 12.6. The first-order valence-corrected chi connectivity index (χ1v) is 8.89. The van der Waals surface area contributed by atoms with Gasteiger partial charge in [0, 0.05) is 32.1 Å². The SMILES string of the molecule is CC(=O)N[C@@H]1C[C@H](COC(=O)c2ccccc2)N(Cc2ccccc2)C1. The number of amides is 1. The van der Waals surface area contributed by atoms with Crippen molar-refractivity contribution in [1.29, 1.82) is 0 Å². The van der Waals surface area contributed by atoms with Crippen molar-refractivity contribution < 1.29 is 14.3 Å². The average Bonchev–Trinajstić information content (AvgIpc) is 3.01. The van der Waals surface area contributed by atoms with Gasteiger partial charge in [0.05, 0.1) is 5.56 Å². The van der Waals surface area contributed by atoms with Gasteiger partial charge in [-0.15, -0.1) is 0 Å². The van der Waals surface area contributed by atoms with Crippen LogP contribution in [0.25, 0.3) is 0 Å². The van der Waals surface area contributed by atoms with Crippen molar-refractivity contribution in [3.63, 3.8) is 0 Å². The highest BCUT2D eigenvalue weighted by Gasteiger charge is 2.33. The van der Waals surface area contributed by atoms with Crippen LogP contribution in [-0.4, -0.2) is 42.0 Å². The fourth-order valence-corrected chi connectivity index (χ4v) is 3.39. The summed E-state index contributed by atoms with van der Waals surface area (Å²) in [5, 5.41) is 2.99. The van der Waals surface area contributed by atoms with E-state index < -0.39 is 0 Å². The minimum absolute atomic E-state index is 0.0309. The van der Waals surface area contributed by atoms with Crippen LogP contribution >= 0.6 is 0 Å². The van der Waals surface area contributed by atoms with Gasteiger partial charge >= 0.3 is 5.97 Å². The number of esters is 1. The molecule has 0 bridgehead atoms. The molecule has 1 N–H and O–H groups in total. The van der Waals surface area contributed by atoms with Gasteiger partial charge < -0.3 is 10.1 Å². The Morgan fingerprint density at radius 1 is 1.08 bits per heavy atom. The second-order valence-corrected chi connectivity index (χ2v) is 6.67. The predicted octanol–water partition coefficient (Wildman–Crippen LogP) is 2.62.